The third-order valence-electron chi connectivity index (χ3n) is 4.84. The number of rotatable bonds is 5. The fourth-order valence-corrected chi connectivity index (χ4v) is 5.34. The molecule has 3 aromatic rings. The van der Waals surface area contributed by atoms with Gasteiger partial charge in [0.1, 0.15) is 4.90 Å². The zero-order valence-corrected chi connectivity index (χ0v) is 17.0. The third-order valence-corrected chi connectivity index (χ3v) is 7.22. The molecule has 1 aliphatic rings. The van der Waals surface area contributed by atoms with E-state index in [1.54, 1.807) is 0 Å². The van der Waals surface area contributed by atoms with E-state index in [0.29, 0.717) is 18.6 Å². The highest BCUT2D eigenvalue weighted by Crippen LogP contribution is 2.30. The lowest BCUT2D eigenvalue weighted by Gasteiger charge is -2.17. The van der Waals surface area contributed by atoms with Crippen LogP contribution in [0, 0.1) is 10.1 Å². The van der Waals surface area contributed by atoms with E-state index in [1.165, 1.54) is 40.7 Å². The first-order valence-electron chi connectivity index (χ1n) is 9.01. The molecular weight excluding hydrogens is 434 g/mol. The van der Waals surface area contributed by atoms with Crippen molar-refractivity contribution in [2.75, 3.05) is 18.4 Å². The second-order valence-corrected chi connectivity index (χ2v) is 9.08. The number of carbonyl (C=O) groups excluding carboxylic acids is 1. The average molecular weight is 450 g/mol. The lowest BCUT2D eigenvalue weighted by atomic mass is 10.2. The van der Waals surface area contributed by atoms with Crippen molar-refractivity contribution < 1.29 is 18.1 Å². The van der Waals surface area contributed by atoms with E-state index in [0.717, 1.165) is 12.8 Å². The number of halogens is 1. The number of aromatic amines is 1. The van der Waals surface area contributed by atoms with Gasteiger partial charge in [0.15, 0.2) is 5.69 Å². The number of aromatic nitrogens is 2. The maximum absolute atomic E-state index is 12.8. The van der Waals surface area contributed by atoms with E-state index >= 15 is 0 Å². The molecule has 0 bridgehead atoms. The van der Waals surface area contributed by atoms with Crippen LogP contribution in [0.2, 0.25) is 5.02 Å². The number of nitro groups is 1. The first-order chi connectivity index (χ1) is 14.3. The molecule has 12 heteroatoms. The molecule has 1 aliphatic heterocycles. The molecule has 2 heterocycles. The Bertz CT molecular complexity index is 1270. The van der Waals surface area contributed by atoms with Crippen molar-refractivity contribution in [3.63, 3.8) is 0 Å². The monoisotopic (exact) mass is 449 g/mol. The van der Waals surface area contributed by atoms with Gasteiger partial charge < -0.3 is 5.32 Å². The van der Waals surface area contributed by atoms with Crippen LogP contribution in [0.5, 0.6) is 0 Å². The lowest BCUT2D eigenvalue weighted by Crippen LogP contribution is -2.28. The second-order valence-electron chi connectivity index (χ2n) is 6.77. The molecule has 0 unspecified atom stereocenters. The van der Waals surface area contributed by atoms with Gasteiger partial charge in [-0.1, -0.05) is 11.6 Å². The van der Waals surface area contributed by atoms with Gasteiger partial charge in [0.05, 0.1) is 15.5 Å². The third kappa shape index (κ3) is 3.62. The number of nitro benzene ring substituents is 1. The Morgan fingerprint density at radius 1 is 1.20 bits per heavy atom. The van der Waals surface area contributed by atoms with E-state index in [1.807, 2.05) is 0 Å². The number of non-ortho nitro benzene ring substituents is 1. The van der Waals surface area contributed by atoms with Gasteiger partial charge in [0.25, 0.3) is 11.6 Å². The molecule has 0 atom stereocenters. The highest BCUT2D eigenvalue weighted by Gasteiger charge is 2.29. The van der Waals surface area contributed by atoms with E-state index in [-0.39, 0.29) is 32.4 Å². The minimum absolute atomic E-state index is 0.0485. The van der Waals surface area contributed by atoms with Crippen LogP contribution in [-0.4, -0.2) is 46.8 Å². The summed E-state index contributed by atoms with van der Waals surface area (Å²) in [5, 5.41) is 20.5. The smallest absolute Gasteiger partial charge is 0.276 e. The van der Waals surface area contributed by atoms with Gasteiger partial charge in [-0.3, -0.25) is 20.0 Å². The standard InChI is InChI=1S/C18H16ClN5O5S/c19-14-5-3-11(9-16(14)30(28,29)23-7-1-2-8-23)20-18(25)17-13-10-12(24(26)27)4-6-15(13)21-22-17/h3-6,9-10H,1-2,7-8H2,(H,20,25)(H,21,22). The predicted octanol–water partition coefficient (Wildman–Crippen LogP) is 3.16. The van der Waals surface area contributed by atoms with Crippen LogP contribution in [0.3, 0.4) is 0 Å². The number of benzene rings is 2. The number of hydrogen-bond acceptors (Lipinski definition) is 6. The Balaban J connectivity index is 1.65. The molecule has 1 fully saturated rings. The van der Waals surface area contributed by atoms with E-state index in [2.05, 4.69) is 15.5 Å². The number of H-pyrrole nitrogens is 1. The maximum atomic E-state index is 12.8. The summed E-state index contributed by atoms with van der Waals surface area (Å²) in [5.41, 5.74) is 0.443. The summed E-state index contributed by atoms with van der Waals surface area (Å²) >= 11 is 6.12. The van der Waals surface area contributed by atoms with Crippen LogP contribution in [0.15, 0.2) is 41.3 Å². The van der Waals surface area contributed by atoms with Crippen LogP contribution in [0.25, 0.3) is 10.9 Å². The molecule has 30 heavy (non-hydrogen) atoms. The number of nitrogens with one attached hydrogen (secondary N) is 2. The second kappa shape index (κ2) is 7.67. The van der Waals surface area contributed by atoms with Gasteiger partial charge in [-0.2, -0.15) is 9.40 Å². The number of hydrogen-bond donors (Lipinski definition) is 2. The Kier molecular flexibility index (Phi) is 5.18. The molecule has 1 saturated heterocycles. The van der Waals surface area contributed by atoms with Gasteiger partial charge in [-0.05, 0) is 37.1 Å². The predicted molar refractivity (Wildman–Crippen MR) is 110 cm³/mol. The molecule has 156 valence electrons. The van der Waals surface area contributed by atoms with Crippen LogP contribution in [0.1, 0.15) is 23.3 Å². The number of nitrogens with zero attached hydrogens (tertiary/aromatic N) is 3. The summed E-state index contributed by atoms with van der Waals surface area (Å²) in [6, 6.07) is 8.18. The Labute approximate surface area is 176 Å². The zero-order chi connectivity index (χ0) is 21.5. The van der Waals surface area contributed by atoms with Crippen LogP contribution < -0.4 is 5.32 Å². The first kappa shape index (κ1) is 20.3. The van der Waals surface area contributed by atoms with Crippen molar-refractivity contribution in [2.45, 2.75) is 17.7 Å². The molecule has 0 saturated carbocycles. The lowest BCUT2D eigenvalue weighted by molar-refractivity contribution is -0.384. The van der Waals surface area contributed by atoms with Crippen LogP contribution in [-0.2, 0) is 10.0 Å². The molecule has 0 spiro atoms. The molecule has 0 aliphatic carbocycles. The van der Waals surface area contributed by atoms with Gasteiger partial charge >= 0.3 is 0 Å². The maximum Gasteiger partial charge on any atom is 0.276 e. The SMILES string of the molecule is O=C(Nc1ccc(Cl)c(S(=O)(=O)N2CCCC2)c1)c1n[nH]c2ccc([N+](=O)[O-])cc12. The summed E-state index contributed by atoms with van der Waals surface area (Å²) in [6.45, 7) is 0.848. The molecule has 10 nitrogen and oxygen atoms in total. The molecule has 1 amide bonds. The quantitative estimate of drug-likeness (QED) is 0.453. The average Bonchev–Trinajstić information content (AvgIpc) is 3.39. The first-order valence-corrected chi connectivity index (χ1v) is 10.8. The minimum Gasteiger partial charge on any atom is -0.321 e. The largest absolute Gasteiger partial charge is 0.321 e. The van der Waals surface area contributed by atoms with Crippen molar-refractivity contribution >= 4 is 49.8 Å². The highest BCUT2D eigenvalue weighted by molar-refractivity contribution is 7.89. The Hall–Kier alpha value is -3.02. The number of carbonyl (C=O) groups is 1. The Morgan fingerprint density at radius 3 is 2.63 bits per heavy atom. The number of fused-ring (bicyclic) bond motifs is 1. The number of sulfonamides is 1. The summed E-state index contributed by atoms with van der Waals surface area (Å²) in [4.78, 5) is 23.1. The van der Waals surface area contributed by atoms with Crippen molar-refractivity contribution in [3.05, 3.63) is 57.2 Å². The topological polar surface area (TPSA) is 138 Å². The molecule has 0 radical (unpaired) electrons. The van der Waals surface area contributed by atoms with Gasteiger partial charge in [0.2, 0.25) is 10.0 Å². The Morgan fingerprint density at radius 2 is 1.93 bits per heavy atom. The zero-order valence-electron chi connectivity index (χ0n) is 15.5. The summed E-state index contributed by atoms with van der Waals surface area (Å²) < 4.78 is 27.1. The van der Waals surface area contributed by atoms with E-state index in [9.17, 15) is 23.3 Å². The fourth-order valence-electron chi connectivity index (χ4n) is 3.33. The minimum atomic E-state index is -3.78. The summed E-state index contributed by atoms with van der Waals surface area (Å²) in [7, 11) is -3.78. The fraction of sp³-hybridized carbons (Fsp3) is 0.222. The van der Waals surface area contributed by atoms with Crippen molar-refractivity contribution in [1.29, 1.82) is 0 Å². The van der Waals surface area contributed by atoms with Gasteiger partial charge in [-0.15, -0.1) is 0 Å². The summed E-state index contributed by atoms with van der Waals surface area (Å²) in [5.74, 6) is -0.645. The van der Waals surface area contributed by atoms with Crippen molar-refractivity contribution in [1.82, 2.24) is 14.5 Å². The van der Waals surface area contributed by atoms with Crippen LogP contribution in [0.4, 0.5) is 11.4 Å². The van der Waals surface area contributed by atoms with Crippen molar-refractivity contribution in [2.24, 2.45) is 0 Å². The molecule has 4 rings (SSSR count). The number of amides is 1. The normalized spacial score (nSPS) is 14.8. The van der Waals surface area contributed by atoms with Crippen molar-refractivity contribution in [3.8, 4) is 0 Å². The molecular formula is C18H16ClN5O5S. The van der Waals surface area contributed by atoms with Crippen LogP contribution >= 0.6 is 11.6 Å². The highest BCUT2D eigenvalue weighted by atomic mass is 35.5. The summed E-state index contributed by atoms with van der Waals surface area (Å²) in [6.07, 6.45) is 1.57. The van der Waals surface area contributed by atoms with Gasteiger partial charge in [0, 0.05) is 36.3 Å². The molecule has 2 N–H and O–H groups in total. The molecule has 1 aromatic heterocycles. The van der Waals surface area contributed by atoms with Gasteiger partial charge in [-0.25, -0.2) is 8.42 Å². The van der Waals surface area contributed by atoms with E-state index in [4.69, 9.17) is 11.6 Å². The van der Waals surface area contributed by atoms with E-state index < -0.39 is 20.9 Å². The number of anilines is 1. The molecule has 2 aromatic carbocycles.